The van der Waals surface area contributed by atoms with E-state index in [1.807, 2.05) is 18.2 Å². The molecule has 0 atom stereocenters. The van der Waals surface area contributed by atoms with Gasteiger partial charge < -0.3 is 4.74 Å². The van der Waals surface area contributed by atoms with Crippen molar-refractivity contribution in [3.63, 3.8) is 0 Å². The van der Waals surface area contributed by atoms with Gasteiger partial charge in [0.15, 0.2) is 0 Å². The number of hydrogen-bond acceptors (Lipinski definition) is 3. The number of ether oxygens (including phenoxy) is 1. The summed E-state index contributed by atoms with van der Waals surface area (Å²) in [5.74, 6) is -0.303. The molecule has 0 saturated carbocycles. The zero-order valence-corrected chi connectivity index (χ0v) is 9.56. The highest BCUT2D eigenvalue weighted by Gasteiger charge is 2.03. The second-order valence-corrected chi connectivity index (χ2v) is 3.41. The zero-order chi connectivity index (χ0) is 11.6. The Balaban J connectivity index is 2.23. The largest absolute Gasteiger partial charge is 0.456 e. The molecule has 0 heterocycles. The molecule has 0 N–H and O–H groups in total. The molecule has 0 saturated heterocycles. The van der Waals surface area contributed by atoms with Crippen LogP contribution in [0.25, 0.3) is 0 Å². The van der Waals surface area contributed by atoms with E-state index in [0.29, 0.717) is 5.56 Å². The first kappa shape index (κ1) is 12.4. The van der Waals surface area contributed by atoms with E-state index in [2.05, 4.69) is 11.9 Å². The molecule has 16 heavy (non-hydrogen) atoms. The molecule has 86 valence electrons. The number of rotatable bonds is 6. The van der Waals surface area contributed by atoms with Gasteiger partial charge in [0.2, 0.25) is 0 Å². The molecule has 1 aromatic carbocycles. The van der Waals surface area contributed by atoms with E-state index in [0.717, 1.165) is 19.4 Å². The van der Waals surface area contributed by atoms with Gasteiger partial charge in [-0.15, -0.1) is 0 Å². The first-order valence-electron chi connectivity index (χ1n) is 5.55. The summed E-state index contributed by atoms with van der Waals surface area (Å²) < 4.78 is 5.02. The van der Waals surface area contributed by atoms with E-state index in [1.165, 1.54) is 0 Å². The number of hydrogen-bond donors (Lipinski definition) is 0. The van der Waals surface area contributed by atoms with Crippen LogP contribution in [-0.4, -0.2) is 25.3 Å². The average molecular weight is 219 g/mol. The van der Waals surface area contributed by atoms with Crippen LogP contribution >= 0.6 is 0 Å². The van der Waals surface area contributed by atoms with Crippen LogP contribution in [0.15, 0.2) is 35.3 Å². The van der Waals surface area contributed by atoms with Crippen LogP contribution < -0.4 is 0 Å². The third-order valence-electron chi connectivity index (χ3n) is 2.07. The molecule has 0 aliphatic rings. The van der Waals surface area contributed by atoms with Crippen LogP contribution in [0.4, 0.5) is 0 Å². The van der Waals surface area contributed by atoms with Gasteiger partial charge in [-0.3, -0.25) is 4.99 Å². The lowest BCUT2D eigenvalue weighted by Crippen LogP contribution is -2.06. The van der Waals surface area contributed by atoms with E-state index < -0.39 is 0 Å². The molecule has 0 bridgehead atoms. The Morgan fingerprint density at radius 2 is 2.12 bits per heavy atom. The quantitative estimate of drug-likeness (QED) is 0.419. The van der Waals surface area contributed by atoms with Crippen molar-refractivity contribution in [2.24, 2.45) is 4.99 Å². The molecule has 1 aromatic rings. The smallest absolute Gasteiger partial charge is 0.338 e. The summed E-state index contributed by atoms with van der Waals surface area (Å²) in [4.78, 5) is 15.6. The second kappa shape index (κ2) is 7.63. The molecule has 3 heteroatoms. The topological polar surface area (TPSA) is 38.7 Å². The SMILES string of the molecule is CCCCN=CCOC(=O)c1ccccc1. The average Bonchev–Trinajstić information content (AvgIpc) is 2.34. The fourth-order valence-electron chi connectivity index (χ4n) is 1.16. The van der Waals surface area contributed by atoms with Crippen LogP contribution in [0.3, 0.4) is 0 Å². The Hall–Kier alpha value is -1.64. The first-order chi connectivity index (χ1) is 7.84. The predicted octanol–water partition coefficient (Wildman–Crippen LogP) is 2.71. The molecule has 0 radical (unpaired) electrons. The van der Waals surface area contributed by atoms with Crippen LogP contribution in [0.1, 0.15) is 30.1 Å². The van der Waals surface area contributed by atoms with Crippen LogP contribution in [0.2, 0.25) is 0 Å². The molecule has 0 aromatic heterocycles. The third-order valence-corrected chi connectivity index (χ3v) is 2.07. The van der Waals surface area contributed by atoms with E-state index in [-0.39, 0.29) is 12.6 Å². The molecular formula is C13H17NO2. The van der Waals surface area contributed by atoms with Crippen molar-refractivity contribution in [2.45, 2.75) is 19.8 Å². The van der Waals surface area contributed by atoms with Crippen LogP contribution in [0.5, 0.6) is 0 Å². The van der Waals surface area contributed by atoms with Gasteiger partial charge in [0, 0.05) is 12.8 Å². The van der Waals surface area contributed by atoms with Gasteiger partial charge in [-0.2, -0.15) is 0 Å². The van der Waals surface area contributed by atoms with E-state index in [4.69, 9.17) is 4.74 Å². The standard InChI is InChI=1S/C13H17NO2/c1-2-3-9-14-10-11-16-13(15)12-7-5-4-6-8-12/h4-8,10H,2-3,9,11H2,1H3. The van der Waals surface area contributed by atoms with E-state index >= 15 is 0 Å². The number of esters is 1. The Labute approximate surface area is 96.2 Å². The number of aliphatic imine (C=N–C) groups is 1. The first-order valence-corrected chi connectivity index (χ1v) is 5.55. The minimum atomic E-state index is -0.303. The number of carbonyl (C=O) groups is 1. The van der Waals surface area contributed by atoms with Gasteiger partial charge in [0.25, 0.3) is 0 Å². The maximum atomic E-state index is 11.4. The summed E-state index contributed by atoms with van der Waals surface area (Å²) in [6.07, 6.45) is 3.85. The van der Waals surface area contributed by atoms with Gasteiger partial charge in [-0.25, -0.2) is 4.79 Å². The van der Waals surface area contributed by atoms with Gasteiger partial charge in [0.05, 0.1) is 5.56 Å². The maximum absolute atomic E-state index is 11.4. The summed E-state index contributed by atoms with van der Waals surface area (Å²) >= 11 is 0. The van der Waals surface area contributed by atoms with Crippen molar-refractivity contribution in [3.8, 4) is 0 Å². The highest BCUT2D eigenvalue weighted by atomic mass is 16.5. The number of unbranched alkanes of at least 4 members (excludes halogenated alkanes) is 1. The Bertz CT molecular complexity index is 333. The van der Waals surface area contributed by atoms with Gasteiger partial charge >= 0.3 is 5.97 Å². The van der Waals surface area contributed by atoms with Crippen LogP contribution in [0, 0.1) is 0 Å². The summed E-state index contributed by atoms with van der Waals surface area (Å²) in [6.45, 7) is 3.17. The molecule has 1 rings (SSSR count). The minimum Gasteiger partial charge on any atom is -0.456 e. The highest BCUT2D eigenvalue weighted by molar-refractivity contribution is 5.90. The lowest BCUT2D eigenvalue weighted by atomic mass is 10.2. The second-order valence-electron chi connectivity index (χ2n) is 3.41. The molecule has 0 amide bonds. The summed E-state index contributed by atoms with van der Waals surface area (Å²) in [5.41, 5.74) is 0.574. The molecular weight excluding hydrogens is 202 g/mol. The van der Waals surface area contributed by atoms with Gasteiger partial charge in [-0.05, 0) is 18.6 Å². The molecule has 0 aliphatic carbocycles. The van der Waals surface area contributed by atoms with E-state index in [1.54, 1.807) is 18.3 Å². The van der Waals surface area contributed by atoms with Crippen molar-refractivity contribution in [3.05, 3.63) is 35.9 Å². The molecule has 0 fully saturated rings. The lowest BCUT2D eigenvalue weighted by molar-refractivity contribution is 0.0567. The van der Waals surface area contributed by atoms with Crippen LogP contribution in [-0.2, 0) is 4.74 Å². The Morgan fingerprint density at radius 3 is 2.81 bits per heavy atom. The number of benzene rings is 1. The fourth-order valence-corrected chi connectivity index (χ4v) is 1.16. The number of nitrogens with zero attached hydrogens (tertiary/aromatic N) is 1. The lowest BCUT2D eigenvalue weighted by Gasteiger charge is -2.00. The maximum Gasteiger partial charge on any atom is 0.338 e. The molecule has 0 spiro atoms. The normalized spacial score (nSPS) is 10.6. The highest BCUT2D eigenvalue weighted by Crippen LogP contribution is 2.00. The zero-order valence-electron chi connectivity index (χ0n) is 9.56. The van der Waals surface area contributed by atoms with Gasteiger partial charge in [0.1, 0.15) is 6.61 Å². The number of carbonyl (C=O) groups excluding carboxylic acids is 1. The minimum absolute atomic E-state index is 0.247. The van der Waals surface area contributed by atoms with E-state index in [9.17, 15) is 4.79 Å². The predicted molar refractivity (Wildman–Crippen MR) is 65.0 cm³/mol. The Kier molecular flexibility index (Phi) is 5.92. The van der Waals surface area contributed by atoms with Crippen molar-refractivity contribution in [2.75, 3.05) is 13.2 Å². The fraction of sp³-hybridized carbons (Fsp3) is 0.385. The molecule has 0 unspecified atom stereocenters. The van der Waals surface area contributed by atoms with Gasteiger partial charge in [-0.1, -0.05) is 31.5 Å². The summed E-state index contributed by atoms with van der Waals surface area (Å²) in [7, 11) is 0. The summed E-state index contributed by atoms with van der Waals surface area (Å²) in [5, 5.41) is 0. The summed E-state index contributed by atoms with van der Waals surface area (Å²) in [6, 6.07) is 8.95. The van der Waals surface area contributed by atoms with Crippen molar-refractivity contribution < 1.29 is 9.53 Å². The monoisotopic (exact) mass is 219 g/mol. The van der Waals surface area contributed by atoms with Crippen molar-refractivity contribution in [1.82, 2.24) is 0 Å². The van der Waals surface area contributed by atoms with Crippen molar-refractivity contribution >= 4 is 12.2 Å². The van der Waals surface area contributed by atoms with Crippen molar-refractivity contribution in [1.29, 1.82) is 0 Å². The third kappa shape index (κ3) is 4.73. The molecule has 0 aliphatic heterocycles. The Morgan fingerprint density at radius 1 is 1.38 bits per heavy atom. The molecule has 3 nitrogen and oxygen atoms in total.